The van der Waals surface area contributed by atoms with Crippen LogP contribution in [0.1, 0.15) is 32.6 Å². The van der Waals surface area contributed by atoms with E-state index in [1.54, 1.807) is 17.9 Å². The molecule has 4 aromatic rings. The number of nitrogens with one attached hydrogen (secondary N) is 2. The van der Waals surface area contributed by atoms with Crippen LogP contribution in [0.25, 0.3) is 22.2 Å². The quantitative estimate of drug-likeness (QED) is 0.457. The van der Waals surface area contributed by atoms with Crippen LogP contribution in [0.4, 0.5) is 5.95 Å². The van der Waals surface area contributed by atoms with Gasteiger partial charge in [-0.15, -0.1) is 4.52 Å². The molecule has 9 heteroatoms. The van der Waals surface area contributed by atoms with Crippen molar-refractivity contribution in [3.8, 4) is 17.0 Å². The summed E-state index contributed by atoms with van der Waals surface area (Å²) in [5, 5.41) is 18.6. The molecule has 1 fully saturated rings. The van der Waals surface area contributed by atoms with E-state index in [1.165, 1.54) is 0 Å². The predicted molar refractivity (Wildman–Crippen MR) is 107 cm³/mol. The van der Waals surface area contributed by atoms with Crippen LogP contribution in [-0.2, 0) is 0 Å². The van der Waals surface area contributed by atoms with E-state index >= 15 is 0 Å². The molecule has 3 N–H and O–H groups in total. The van der Waals surface area contributed by atoms with E-state index in [2.05, 4.69) is 25.4 Å². The molecule has 150 valence electrons. The van der Waals surface area contributed by atoms with Gasteiger partial charge in [0.2, 0.25) is 18.0 Å². The van der Waals surface area contributed by atoms with Crippen LogP contribution >= 0.6 is 0 Å². The van der Waals surface area contributed by atoms with Crippen LogP contribution in [0.3, 0.4) is 0 Å². The molecule has 4 aromatic heterocycles. The second-order valence-corrected chi connectivity index (χ2v) is 7.91. The van der Waals surface area contributed by atoms with E-state index in [9.17, 15) is 5.11 Å². The first-order valence-electron chi connectivity index (χ1n) is 9.80. The highest BCUT2D eigenvalue weighted by molar-refractivity contribution is 5.97. The Labute approximate surface area is 167 Å². The van der Waals surface area contributed by atoms with Crippen molar-refractivity contribution in [3.05, 3.63) is 37.1 Å². The summed E-state index contributed by atoms with van der Waals surface area (Å²) in [6, 6.07) is 2.24. The molecular formula is C20H24N7O2+. The summed E-state index contributed by atoms with van der Waals surface area (Å²) in [4.78, 5) is 12.5. The summed E-state index contributed by atoms with van der Waals surface area (Å²) in [5.74, 6) is 1.06. The van der Waals surface area contributed by atoms with Gasteiger partial charge in [0, 0.05) is 28.5 Å². The average molecular weight is 394 g/mol. The van der Waals surface area contributed by atoms with Crippen molar-refractivity contribution < 1.29 is 14.4 Å². The lowest BCUT2D eigenvalue weighted by Gasteiger charge is -2.33. The first-order chi connectivity index (χ1) is 14.0. The minimum Gasteiger partial charge on any atom is -0.480 e. The molecule has 1 aliphatic carbocycles. The molecule has 0 aliphatic heterocycles. The SMILES string of the molecule is COc1nc(NC2CCC(C)(O)CC2)nc2[nH]cc(-c3ccn4ncc[n+]4c3)c12. The third kappa shape index (κ3) is 3.27. The summed E-state index contributed by atoms with van der Waals surface area (Å²) in [7, 11) is 1.62. The number of hydrogen-bond donors (Lipinski definition) is 3. The number of H-pyrrole nitrogens is 1. The molecule has 9 nitrogen and oxygen atoms in total. The number of anilines is 1. The molecule has 0 bridgehead atoms. The third-order valence-electron chi connectivity index (χ3n) is 5.70. The summed E-state index contributed by atoms with van der Waals surface area (Å²) in [5.41, 5.74) is 2.12. The molecule has 5 rings (SSSR count). The number of rotatable bonds is 4. The van der Waals surface area contributed by atoms with Crippen molar-refractivity contribution in [2.75, 3.05) is 12.4 Å². The van der Waals surface area contributed by atoms with E-state index in [4.69, 9.17) is 4.74 Å². The zero-order chi connectivity index (χ0) is 20.0. The molecular weight excluding hydrogens is 370 g/mol. The van der Waals surface area contributed by atoms with Gasteiger partial charge in [0.05, 0.1) is 24.3 Å². The fraction of sp³-hybridized carbons (Fsp3) is 0.400. The lowest BCUT2D eigenvalue weighted by atomic mass is 9.84. The topological polar surface area (TPSA) is 104 Å². The second kappa shape index (κ2) is 6.70. The summed E-state index contributed by atoms with van der Waals surface area (Å²) in [6.45, 7) is 1.90. The Kier molecular flexibility index (Phi) is 4.13. The number of fused-ring (bicyclic) bond motifs is 2. The highest BCUT2D eigenvalue weighted by Gasteiger charge is 2.29. The summed E-state index contributed by atoms with van der Waals surface area (Å²) >= 11 is 0. The molecule has 0 aromatic carbocycles. The maximum Gasteiger partial charge on any atom is 0.228 e. The van der Waals surface area contributed by atoms with Crippen molar-refractivity contribution in [3.63, 3.8) is 0 Å². The molecule has 0 atom stereocenters. The van der Waals surface area contributed by atoms with Gasteiger partial charge in [0.25, 0.3) is 0 Å². The fourth-order valence-electron chi connectivity index (χ4n) is 4.01. The zero-order valence-electron chi connectivity index (χ0n) is 16.5. The van der Waals surface area contributed by atoms with Gasteiger partial charge in [-0.1, -0.05) is 0 Å². The van der Waals surface area contributed by atoms with Gasteiger partial charge in [-0.25, -0.2) is 0 Å². The number of aromatic nitrogens is 6. The normalized spacial score (nSPS) is 22.2. The van der Waals surface area contributed by atoms with Crippen LogP contribution in [0.15, 0.2) is 37.1 Å². The molecule has 29 heavy (non-hydrogen) atoms. The first-order valence-corrected chi connectivity index (χ1v) is 9.80. The fourth-order valence-corrected chi connectivity index (χ4v) is 4.01. The van der Waals surface area contributed by atoms with E-state index in [0.717, 1.165) is 47.8 Å². The third-order valence-corrected chi connectivity index (χ3v) is 5.70. The maximum atomic E-state index is 10.2. The number of methoxy groups -OCH3 is 1. The number of nitrogens with zero attached hydrogens (tertiary/aromatic N) is 5. The monoisotopic (exact) mass is 394 g/mol. The van der Waals surface area contributed by atoms with Gasteiger partial charge in [0.1, 0.15) is 11.8 Å². The Hall–Kier alpha value is -3.20. The van der Waals surface area contributed by atoms with Crippen LogP contribution in [0.5, 0.6) is 5.88 Å². The van der Waals surface area contributed by atoms with Crippen molar-refractivity contribution in [1.29, 1.82) is 0 Å². The van der Waals surface area contributed by atoms with E-state index in [-0.39, 0.29) is 6.04 Å². The van der Waals surface area contributed by atoms with Crippen molar-refractivity contribution in [1.82, 2.24) is 24.7 Å². The molecule has 0 amide bonds. The van der Waals surface area contributed by atoms with Crippen molar-refractivity contribution in [2.24, 2.45) is 0 Å². The van der Waals surface area contributed by atoms with Gasteiger partial charge in [-0.3, -0.25) is 0 Å². The number of aliphatic hydroxyl groups is 1. The largest absolute Gasteiger partial charge is 0.480 e. The molecule has 0 saturated heterocycles. The highest BCUT2D eigenvalue weighted by Crippen LogP contribution is 2.34. The average Bonchev–Trinajstić information content (AvgIpc) is 3.35. The van der Waals surface area contributed by atoms with Gasteiger partial charge in [-0.05, 0) is 43.3 Å². The second-order valence-electron chi connectivity index (χ2n) is 7.91. The number of ether oxygens (including phenoxy) is 1. The maximum absolute atomic E-state index is 10.2. The standard InChI is InChI=1S/C20H23N7O2/c1-20(28)6-3-14(4-7-20)23-19-24-17-16(18(25-19)29-2)15(11-21-17)13-5-9-27-22-8-10-26(27)12-13/h5,8-12,14,22,28H,3-4,6-7H2,1-2H3/p+1. The Morgan fingerprint density at radius 2 is 2.17 bits per heavy atom. The molecule has 0 radical (unpaired) electrons. The van der Waals surface area contributed by atoms with E-state index in [0.29, 0.717) is 11.8 Å². The van der Waals surface area contributed by atoms with E-state index < -0.39 is 5.60 Å². The Bertz CT molecular complexity index is 1170. The molecule has 1 aliphatic rings. The van der Waals surface area contributed by atoms with Crippen LogP contribution in [-0.4, -0.2) is 48.5 Å². The molecule has 4 heterocycles. The lowest BCUT2D eigenvalue weighted by Crippen LogP contribution is -2.36. The summed E-state index contributed by atoms with van der Waals surface area (Å²) < 4.78 is 9.25. The Morgan fingerprint density at radius 1 is 1.34 bits per heavy atom. The molecule has 0 spiro atoms. The van der Waals surface area contributed by atoms with Crippen LogP contribution in [0, 0.1) is 0 Å². The predicted octanol–water partition coefficient (Wildman–Crippen LogP) is 1.97. The van der Waals surface area contributed by atoms with Gasteiger partial charge in [0.15, 0.2) is 6.20 Å². The number of aromatic amines is 1. The Morgan fingerprint density at radius 3 is 2.97 bits per heavy atom. The minimum atomic E-state index is -0.566. The highest BCUT2D eigenvalue weighted by atomic mass is 16.5. The van der Waals surface area contributed by atoms with Crippen molar-refractivity contribution in [2.45, 2.75) is 44.2 Å². The molecule has 0 unspecified atom stereocenters. The Balaban J connectivity index is 1.49. The zero-order valence-corrected chi connectivity index (χ0v) is 16.5. The summed E-state index contributed by atoms with van der Waals surface area (Å²) in [6.07, 6.45) is 12.7. The van der Waals surface area contributed by atoms with Gasteiger partial charge in [-0.2, -0.15) is 9.97 Å². The molecule has 1 saturated carbocycles. The minimum absolute atomic E-state index is 0.243. The van der Waals surface area contributed by atoms with E-state index in [1.807, 2.05) is 42.3 Å². The number of hydrogen-bond acceptors (Lipinski definition) is 6. The smallest absolute Gasteiger partial charge is 0.228 e. The van der Waals surface area contributed by atoms with Gasteiger partial charge < -0.3 is 20.1 Å². The first kappa shape index (κ1) is 17.9. The van der Waals surface area contributed by atoms with Gasteiger partial charge >= 0.3 is 0 Å². The van der Waals surface area contributed by atoms with Crippen LogP contribution < -0.4 is 14.6 Å². The lowest BCUT2D eigenvalue weighted by molar-refractivity contribution is -0.622. The van der Waals surface area contributed by atoms with Crippen LogP contribution in [0.2, 0.25) is 0 Å². The van der Waals surface area contributed by atoms with Crippen molar-refractivity contribution >= 4 is 17.0 Å².